The first kappa shape index (κ1) is 18.1. The van der Waals surface area contributed by atoms with Gasteiger partial charge in [-0.15, -0.1) is 9.24 Å². The van der Waals surface area contributed by atoms with E-state index in [1.54, 1.807) is 0 Å². The van der Waals surface area contributed by atoms with Crippen LogP contribution in [0.25, 0.3) is 0 Å². The van der Waals surface area contributed by atoms with Crippen LogP contribution in [0, 0.1) is 0 Å². The summed E-state index contributed by atoms with van der Waals surface area (Å²) in [4.78, 5) is 0. The molecule has 0 saturated carbocycles. The number of rotatable bonds is 8. The highest BCUT2D eigenvalue weighted by Crippen LogP contribution is 2.08. The number of unbranched alkanes of at least 4 members (excludes halogenated alkanes) is 7. The average Bonchev–Trinajstić information content (AvgIpc) is 2.39. The molecule has 0 aliphatic carbocycles. The van der Waals surface area contributed by atoms with Gasteiger partial charge in [0.1, 0.15) is 0 Å². The molecule has 1 unspecified atom stereocenters. The van der Waals surface area contributed by atoms with Crippen molar-refractivity contribution in [2.75, 3.05) is 5.33 Å². The molecule has 0 nitrogen and oxygen atoms in total. The molecule has 1 rings (SSSR count). The van der Waals surface area contributed by atoms with Crippen LogP contribution >= 0.6 is 25.2 Å². The van der Waals surface area contributed by atoms with Crippen molar-refractivity contribution in [1.82, 2.24) is 0 Å². The molecule has 0 aliphatic heterocycles. The standard InChI is InChI=1S/C10H21Br.C6H7P/c1-2-3-4-5-6-7-8-9-10-11;7-6-4-2-1-3-5-6/h2-10H2,1H3;1-5H,7H2. The van der Waals surface area contributed by atoms with Gasteiger partial charge in [0, 0.05) is 5.33 Å². The lowest BCUT2D eigenvalue weighted by molar-refractivity contribution is 0.587. The highest BCUT2D eigenvalue weighted by atomic mass is 79.9. The highest BCUT2D eigenvalue weighted by molar-refractivity contribution is 9.09. The molecule has 0 bridgehead atoms. The van der Waals surface area contributed by atoms with Crippen molar-refractivity contribution in [2.45, 2.75) is 58.3 Å². The van der Waals surface area contributed by atoms with Gasteiger partial charge in [-0.25, -0.2) is 0 Å². The second-order valence-corrected chi connectivity index (χ2v) is 6.03. The van der Waals surface area contributed by atoms with Gasteiger partial charge in [0.15, 0.2) is 0 Å². The third-order valence-electron chi connectivity index (χ3n) is 2.79. The van der Waals surface area contributed by atoms with Gasteiger partial charge in [-0.1, -0.05) is 98.1 Å². The maximum absolute atomic E-state index is 3.44. The molecule has 0 fully saturated rings. The Morgan fingerprint density at radius 3 is 1.72 bits per heavy atom. The van der Waals surface area contributed by atoms with E-state index in [4.69, 9.17) is 0 Å². The summed E-state index contributed by atoms with van der Waals surface area (Å²) in [6, 6.07) is 10.1. The fraction of sp³-hybridized carbons (Fsp3) is 0.625. The molecule has 1 aromatic rings. The van der Waals surface area contributed by atoms with Crippen molar-refractivity contribution in [1.29, 1.82) is 0 Å². The van der Waals surface area contributed by atoms with Gasteiger partial charge in [0.05, 0.1) is 0 Å². The summed E-state index contributed by atoms with van der Waals surface area (Å²) in [6.07, 6.45) is 11.4. The van der Waals surface area contributed by atoms with Crippen molar-refractivity contribution in [3.05, 3.63) is 30.3 Å². The molecule has 2 heteroatoms. The van der Waals surface area contributed by atoms with E-state index < -0.39 is 0 Å². The van der Waals surface area contributed by atoms with Crippen LogP contribution in [0.5, 0.6) is 0 Å². The Bertz CT molecular complexity index is 241. The van der Waals surface area contributed by atoms with Gasteiger partial charge in [-0.3, -0.25) is 0 Å². The molecule has 0 spiro atoms. The van der Waals surface area contributed by atoms with Crippen molar-refractivity contribution in [3.8, 4) is 0 Å². The van der Waals surface area contributed by atoms with Gasteiger partial charge in [0.25, 0.3) is 0 Å². The molecule has 0 aromatic heterocycles. The molecule has 1 atom stereocenters. The van der Waals surface area contributed by atoms with Gasteiger partial charge in [0.2, 0.25) is 0 Å². The van der Waals surface area contributed by atoms with E-state index in [9.17, 15) is 0 Å². The van der Waals surface area contributed by atoms with Crippen molar-refractivity contribution < 1.29 is 0 Å². The van der Waals surface area contributed by atoms with Crippen LogP contribution < -0.4 is 5.30 Å². The Balaban J connectivity index is 0.000000351. The number of benzene rings is 1. The molecule has 0 N–H and O–H groups in total. The van der Waals surface area contributed by atoms with Crippen LogP contribution in [0.3, 0.4) is 0 Å². The zero-order valence-corrected chi connectivity index (χ0v) is 14.4. The third-order valence-corrected chi connectivity index (χ3v) is 3.73. The molecule has 0 amide bonds. The first-order valence-electron chi connectivity index (χ1n) is 7.17. The second-order valence-electron chi connectivity index (χ2n) is 4.57. The van der Waals surface area contributed by atoms with E-state index in [-0.39, 0.29) is 0 Å². The lowest BCUT2D eigenvalue weighted by atomic mass is 10.1. The summed E-state index contributed by atoms with van der Waals surface area (Å²) in [6.45, 7) is 2.27. The van der Waals surface area contributed by atoms with Gasteiger partial charge in [-0.05, 0) is 11.7 Å². The first-order valence-corrected chi connectivity index (χ1v) is 8.87. The van der Waals surface area contributed by atoms with Crippen LogP contribution in [-0.4, -0.2) is 5.33 Å². The molecule has 104 valence electrons. The maximum atomic E-state index is 3.44. The summed E-state index contributed by atoms with van der Waals surface area (Å²) >= 11 is 3.44. The number of alkyl halides is 1. The predicted octanol–water partition coefficient (Wildman–Crippen LogP) is 5.71. The highest BCUT2D eigenvalue weighted by Gasteiger charge is 1.89. The Morgan fingerprint density at radius 1 is 0.833 bits per heavy atom. The Hall–Kier alpha value is 0.130. The summed E-state index contributed by atoms with van der Waals surface area (Å²) in [7, 11) is 2.63. The van der Waals surface area contributed by atoms with E-state index >= 15 is 0 Å². The van der Waals surface area contributed by atoms with E-state index in [1.807, 2.05) is 30.3 Å². The van der Waals surface area contributed by atoms with Crippen molar-refractivity contribution in [3.63, 3.8) is 0 Å². The van der Waals surface area contributed by atoms with E-state index in [0.717, 1.165) is 0 Å². The van der Waals surface area contributed by atoms with E-state index in [0.29, 0.717) is 0 Å². The maximum Gasteiger partial charge on any atom is 0.00313 e. The Labute approximate surface area is 124 Å². The van der Waals surface area contributed by atoms with Gasteiger partial charge < -0.3 is 0 Å². The Kier molecular flexibility index (Phi) is 15.3. The zero-order valence-electron chi connectivity index (χ0n) is 11.7. The van der Waals surface area contributed by atoms with E-state index in [2.05, 4.69) is 32.1 Å². The van der Waals surface area contributed by atoms with Crippen LogP contribution in [0.4, 0.5) is 0 Å². The summed E-state index contributed by atoms with van der Waals surface area (Å²) in [5, 5.41) is 2.42. The predicted molar refractivity (Wildman–Crippen MR) is 92.2 cm³/mol. The normalized spacial score (nSPS) is 9.72. The van der Waals surface area contributed by atoms with Crippen molar-refractivity contribution in [2.24, 2.45) is 0 Å². The molecular weight excluding hydrogens is 303 g/mol. The zero-order chi connectivity index (χ0) is 13.5. The quantitative estimate of drug-likeness (QED) is 0.325. The first-order chi connectivity index (χ1) is 8.81. The molecule has 0 heterocycles. The molecular formula is C16H28BrP. The third kappa shape index (κ3) is 14.2. The van der Waals surface area contributed by atoms with Crippen LogP contribution in [0.15, 0.2) is 30.3 Å². The average molecular weight is 331 g/mol. The van der Waals surface area contributed by atoms with Crippen LogP contribution in [-0.2, 0) is 0 Å². The SMILES string of the molecule is CCCCCCCCCCBr.Pc1ccccc1. The summed E-state index contributed by atoms with van der Waals surface area (Å²) < 4.78 is 0. The minimum atomic E-state index is 1.18. The molecule has 1 aromatic carbocycles. The minimum Gasteiger partial charge on any atom is -0.106 e. The fourth-order valence-corrected chi connectivity index (χ4v) is 2.30. The monoisotopic (exact) mass is 330 g/mol. The van der Waals surface area contributed by atoms with Crippen LogP contribution in [0.2, 0.25) is 0 Å². The molecule has 0 aliphatic rings. The topological polar surface area (TPSA) is 0 Å². The molecule has 18 heavy (non-hydrogen) atoms. The lowest BCUT2D eigenvalue weighted by Crippen LogP contribution is -1.82. The van der Waals surface area contributed by atoms with Gasteiger partial charge >= 0.3 is 0 Å². The largest absolute Gasteiger partial charge is 0.106 e. The van der Waals surface area contributed by atoms with Gasteiger partial charge in [-0.2, -0.15) is 0 Å². The number of hydrogen-bond acceptors (Lipinski definition) is 0. The van der Waals surface area contributed by atoms with E-state index in [1.165, 1.54) is 62.0 Å². The fourth-order valence-electron chi connectivity index (χ4n) is 1.68. The Morgan fingerprint density at radius 2 is 1.33 bits per heavy atom. The number of hydrogen-bond donors (Lipinski definition) is 0. The molecule has 0 saturated heterocycles. The second kappa shape index (κ2) is 15.2. The lowest BCUT2D eigenvalue weighted by Gasteiger charge is -1.98. The smallest absolute Gasteiger partial charge is 0.00313 e. The van der Waals surface area contributed by atoms with Crippen LogP contribution in [0.1, 0.15) is 58.3 Å². The number of halogens is 1. The summed E-state index contributed by atoms with van der Waals surface area (Å²) in [5.74, 6) is 0. The summed E-state index contributed by atoms with van der Waals surface area (Å²) in [5.41, 5.74) is 0. The minimum absolute atomic E-state index is 1.18. The van der Waals surface area contributed by atoms with Crippen molar-refractivity contribution >= 4 is 30.5 Å². The molecule has 0 radical (unpaired) electrons.